The summed E-state index contributed by atoms with van der Waals surface area (Å²) < 4.78 is 51.3. The molecule has 0 spiro atoms. The SMILES string of the molecule is CC(C)N(CC(F)(F)F)c1ccc(C(N)=S)cc1F. The van der Waals surface area contributed by atoms with Gasteiger partial charge in [0.05, 0.1) is 5.69 Å². The van der Waals surface area contributed by atoms with E-state index in [0.29, 0.717) is 0 Å². The van der Waals surface area contributed by atoms with Crippen LogP contribution in [0.25, 0.3) is 0 Å². The second kappa shape index (κ2) is 5.73. The Morgan fingerprint density at radius 2 is 1.95 bits per heavy atom. The highest BCUT2D eigenvalue weighted by Crippen LogP contribution is 2.27. The van der Waals surface area contributed by atoms with E-state index in [4.69, 9.17) is 5.73 Å². The average molecular weight is 294 g/mol. The fraction of sp³-hybridized carbons (Fsp3) is 0.417. The van der Waals surface area contributed by atoms with Crippen LogP contribution in [0.15, 0.2) is 18.2 Å². The van der Waals surface area contributed by atoms with Crippen LogP contribution in [-0.4, -0.2) is 23.8 Å². The molecule has 0 aromatic heterocycles. The van der Waals surface area contributed by atoms with E-state index in [-0.39, 0.29) is 16.2 Å². The van der Waals surface area contributed by atoms with Crippen molar-refractivity contribution in [2.75, 3.05) is 11.4 Å². The lowest BCUT2D eigenvalue weighted by molar-refractivity contribution is -0.120. The molecule has 0 unspecified atom stereocenters. The topological polar surface area (TPSA) is 29.3 Å². The van der Waals surface area contributed by atoms with Crippen molar-refractivity contribution < 1.29 is 17.6 Å². The second-order valence-electron chi connectivity index (χ2n) is 4.37. The second-order valence-corrected chi connectivity index (χ2v) is 4.81. The largest absolute Gasteiger partial charge is 0.405 e. The van der Waals surface area contributed by atoms with Gasteiger partial charge in [-0.3, -0.25) is 0 Å². The van der Waals surface area contributed by atoms with Crippen LogP contribution < -0.4 is 10.6 Å². The van der Waals surface area contributed by atoms with E-state index in [2.05, 4.69) is 12.2 Å². The van der Waals surface area contributed by atoms with Crippen LogP contribution in [0.4, 0.5) is 23.2 Å². The predicted molar refractivity (Wildman–Crippen MR) is 70.8 cm³/mol. The van der Waals surface area contributed by atoms with E-state index in [0.717, 1.165) is 11.0 Å². The average Bonchev–Trinajstić information content (AvgIpc) is 2.24. The maximum absolute atomic E-state index is 13.9. The first-order valence-electron chi connectivity index (χ1n) is 5.54. The van der Waals surface area contributed by atoms with Gasteiger partial charge in [-0.2, -0.15) is 13.2 Å². The van der Waals surface area contributed by atoms with Crippen molar-refractivity contribution in [3.8, 4) is 0 Å². The fourth-order valence-electron chi connectivity index (χ4n) is 1.63. The normalized spacial score (nSPS) is 11.7. The van der Waals surface area contributed by atoms with Gasteiger partial charge in [-0.05, 0) is 32.0 Å². The Morgan fingerprint density at radius 3 is 2.32 bits per heavy atom. The van der Waals surface area contributed by atoms with Crippen molar-refractivity contribution in [3.63, 3.8) is 0 Å². The van der Waals surface area contributed by atoms with Crippen molar-refractivity contribution in [1.82, 2.24) is 0 Å². The van der Waals surface area contributed by atoms with Gasteiger partial charge in [-0.1, -0.05) is 12.2 Å². The maximum atomic E-state index is 13.9. The van der Waals surface area contributed by atoms with E-state index in [1.54, 1.807) is 13.8 Å². The van der Waals surface area contributed by atoms with Crippen molar-refractivity contribution in [3.05, 3.63) is 29.6 Å². The summed E-state index contributed by atoms with van der Waals surface area (Å²) in [6.07, 6.45) is -4.40. The molecule has 0 bridgehead atoms. The summed E-state index contributed by atoms with van der Waals surface area (Å²) in [6.45, 7) is 1.91. The van der Waals surface area contributed by atoms with Crippen LogP contribution >= 0.6 is 12.2 Å². The Kier molecular flexibility index (Phi) is 4.73. The van der Waals surface area contributed by atoms with Gasteiger partial charge < -0.3 is 10.6 Å². The van der Waals surface area contributed by atoms with Gasteiger partial charge in [-0.25, -0.2) is 4.39 Å². The number of benzene rings is 1. The summed E-state index contributed by atoms with van der Waals surface area (Å²) in [5.41, 5.74) is 5.51. The van der Waals surface area contributed by atoms with Crippen molar-refractivity contribution in [2.45, 2.75) is 26.1 Å². The number of alkyl halides is 3. The Balaban J connectivity index is 3.14. The number of nitrogens with two attached hydrogens (primary N) is 1. The molecule has 7 heteroatoms. The van der Waals surface area contributed by atoms with Crippen LogP contribution in [-0.2, 0) is 0 Å². The highest BCUT2D eigenvalue weighted by molar-refractivity contribution is 7.80. The first-order valence-corrected chi connectivity index (χ1v) is 5.95. The summed E-state index contributed by atoms with van der Waals surface area (Å²) >= 11 is 4.69. The molecule has 0 saturated heterocycles. The van der Waals surface area contributed by atoms with E-state index in [9.17, 15) is 17.6 Å². The highest BCUT2D eigenvalue weighted by atomic mass is 32.1. The molecule has 0 heterocycles. The standard InChI is InChI=1S/C12H14F4N2S/c1-7(2)18(6-12(14,15)16)10-4-3-8(11(17)19)5-9(10)13/h3-5,7H,6H2,1-2H3,(H2,17,19). The van der Waals surface area contributed by atoms with Gasteiger partial charge in [0.2, 0.25) is 0 Å². The molecule has 1 rings (SSSR count). The molecule has 2 N–H and O–H groups in total. The van der Waals surface area contributed by atoms with Crippen LogP contribution in [0.5, 0.6) is 0 Å². The van der Waals surface area contributed by atoms with E-state index in [1.807, 2.05) is 0 Å². The maximum Gasteiger partial charge on any atom is 0.405 e. The summed E-state index contributed by atoms with van der Waals surface area (Å²) in [4.78, 5) is 0.941. The highest BCUT2D eigenvalue weighted by Gasteiger charge is 2.33. The third kappa shape index (κ3) is 4.34. The number of nitrogens with zero attached hydrogens (tertiary/aromatic N) is 1. The van der Waals surface area contributed by atoms with Crippen molar-refractivity contribution in [2.24, 2.45) is 5.73 Å². The molecular weight excluding hydrogens is 280 g/mol. The molecular formula is C12H14F4N2S. The molecule has 0 aliphatic heterocycles. The molecule has 0 amide bonds. The minimum Gasteiger partial charge on any atom is -0.389 e. The lowest BCUT2D eigenvalue weighted by atomic mass is 10.1. The Hall–Kier alpha value is -1.37. The van der Waals surface area contributed by atoms with Crippen molar-refractivity contribution >= 4 is 22.9 Å². The van der Waals surface area contributed by atoms with Gasteiger partial charge in [0.15, 0.2) is 0 Å². The van der Waals surface area contributed by atoms with Gasteiger partial charge in [-0.15, -0.1) is 0 Å². The molecule has 0 aliphatic rings. The first-order chi connectivity index (χ1) is 8.61. The molecule has 0 fully saturated rings. The molecule has 0 aliphatic carbocycles. The molecule has 19 heavy (non-hydrogen) atoms. The van der Waals surface area contributed by atoms with E-state index in [1.165, 1.54) is 12.1 Å². The van der Waals surface area contributed by atoms with Crippen LogP contribution in [0.3, 0.4) is 0 Å². The van der Waals surface area contributed by atoms with E-state index < -0.39 is 24.6 Å². The van der Waals surface area contributed by atoms with Gasteiger partial charge in [0.1, 0.15) is 17.4 Å². The number of thiocarbonyl (C=S) groups is 1. The molecule has 2 nitrogen and oxygen atoms in total. The lowest BCUT2D eigenvalue weighted by Gasteiger charge is -2.30. The van der Waals surface area contributed by atoms with Gasteiger partial charge in [0, 0.05) is 11.6 Å². The van der Waals surface area contributed by atoms with Crippen LogP contribution in [0.1, 0.15) is 19.4 Å². The van der Waals surface area contributed by atoms with Gasteiger partial charge in [0.25, 0.3) is 0 Å². The van der Waals surface area contributed by atoms with Crippen molar-refractivity contribution in [1.29, 1.82) is 0 Å². The smallest absolute Gasteiger partial charge is 0.389 e. The van der Waals surface area contributed by atoms with Crippen LogP contribution in [0, 0.1) is 5.82 Å². The Morgan fingerprint density at radius 1 is 1.37 bits per heavy atom. The summed E-state index contributed by atoms with van der Waals surface area (Å²) in [5.74, 6) is -0.775. The Bertz CT molecular complexity index is 471. The lowest BCUT2D eigenvalue weighted by Crippen LogP contribution is -2.39. The molecule has 1 aromatic rings. The molecule has 0 saturated carbocycles. The zero-order valence-corrected chi connectivity index (χ0v) is 11.3. The molecule has 106 valence electrons. The molecule has 1 aromatic carbocycles. The monoisotopic (exact) mass is 294 g/mol. The summed E-state index contributed by atoms with van der Waals surface area (Å²) in [5, 5.41) is 0. The molecule has 0 atom stereocenters. The minimum atomic E-state index is -4.40. The Labute approximate surface area is 114 Å². The van der Waals surface area contributed by atoms with E-state index >= 15 is 0 Å². The van der Waals surface area contributed by atoms with Gasteiger partial charge >= 0.3 is 6.18 Å². The number of hydrogen-bond acceptors (Lipinski definition) is 2. The zero-order valence-electron chi connectivity index (χ0n) is 10.5. The molecule has 0 radical (unpaired) electrons. The third-order valence-electron chi connectivity index (χ3n) is 2.51. The quantitative estimate of drug-likeness (QED) is 0.683. The number of anilines is 1. The minimum absolute atomic E-state index is 0.00244. The fourth-order valence-corrected chi connectivity index (χ4v) is 1.76. The number of halogens is 4. The summed E-state index contributed by atoms with van der Waals surface area (Å²) in [7, 11) is 0. The predicted octanol–water partition coefficient (Wildman–Crippen LogP) is 3.24. The van der Waals surface area contributed by atoms with Crippen LogP contribution in [0.2, 0.25) is 0 Å². The first kappa shape index (κ1) is 15.7. The number of rotatable bonds is 4. The zero-order chi connectivity index (χ0) is 14.8. The third-order valence-corrected chi connectivity index (χ3v) is 2.75. The number of hydrogen-bond donors (Lipinski definition) is 1. The summed E-state index contributed by atoms with van der Waals surface area (Å²) in [6, 6.07) is 3.22.